The Labute approximate surface area is 157 Å². The first kappa shape index (κ1) is 17.1. The van der Waals surface area contributed by atoms with Crippen LogP contribution in [-0.4, -0.2) is 29.0 Å². The van der Waals surface area contributed by atoms with Gasteiger partial charge in [-0.1, -0.05) is 0 Å². The minimum atomic E-state index is -0.277. The van der Waals surface area contributed by atoms with E-state index in [0.717, 1.165) is 18.8 Å². The summed E-state index contributed by atoms with van der Waals surface area (Å²) in [6.45, 7) is 2.55. The SMILES string of the molecule is O=C(NCc1ccco1)c1ccnc(Nc2ccc(N3CCCC3)cc2)n1. The molecule has 1 aliphatic rings. The van der Waals surface area contributed by atoms with E-state index in [2.05, 4.69) is 37.6 Å². The molecule has 0 radical (unpaired) electrons. The molecule has 27 heavy (non-hydrogen) atoms. The predicted molar refractivity (Wildman–Crippen MR) is 103 cm³/mol. The summed E-state index contributed by atoms with van der Waals surface area (Å²) in [7, 11) is 0. The van der Waals surface area contributed by atoms with Crippen molar-refractivity contribution in [2.45, 2.75) is 19.4 Å². The minimum absolute atomic E-state index is 0.277. The van der Waals surface area contributed by atoms with Crippen molar-refractivity contribution in [3.05, 3.63) is 66.4 Å². The minimum Gasteiger partial charge on any atom is -0.467 e. The highest BCUT2D eigenvalue weighted by Gasteiger charge is 2.12. The molecule has 1 amide bonds. The Bertz CT molecular complexity index is 887. The largest absolute Gasteiger partial charge is 0.467 e. The second-order valence-electron chi connectivity index (χ2n) is 6.39. The third-order valence-corrected chi connectivity index (χ3v) is 4.49. The number of hydrogen-bond donors (Lipinski definition) is 2. The number of hydrogen-bond acceptors (Lipinski definition) is 6. The zero-order chi connectivity index (χ0) is 18.5. The molecule has 2 N–H and O–H groups in total. The number of aromatic nitrogens is 2. The Morgan fingerprint density at radius 1 is 1.11 bits per heavy atom. The molecule has 2 aromatic heterocycles. The highest BCUT2D eigenvalue weighted by atomic mass is 16.3. The fourth-order valence-corrected chi connectivity index (χ4v) is 3.08. The van der Waals surface area contributed by atoms with Crippen LogP contribution < -0.4 is 15.5 Å². The Kier molecular flexibility index (Phi) is 5.00. The highest BCUT2D eigenvalue weighted by Crippen LogP contribution is 2.23. The van der Waals surface area contributed by atoms with Gasteiger partial charge in [-0.25, -0.2) is 9.97 Å². The molecule has 3 heterocycles. The van der Waals surface area contributed by atoms with Gasteiger partial charge in [-0.15, -0.1) is 0 Å². The average molecular weight is 363 g/mol. The van der Waals surface area contributed by atoms with E-state index in [1.165, 1.54) is 18.5 Å². The maximum absolute atomic E-state index is 12.3. The van der Waals surface area contributed by atoms with Crippen molar-refractivity contribution in [2.75, 3.05) is 23.3 Å². The van der Waals surface area contributed by atoms with Gasteiger partial charge in [-0.05, 0) is 55.3 Å². The maximum atomic E-state index is 12.3. The van der Waals surface area contributed by atoms with E-state index in [4.69, 9.17) is 4.42 Å². The van der Waals surface area contributed by atoms with Gasteiger partial charge in [0.2, 0.25) is 5.95 Å². The van der Waals surface area contributed by atoms with Crippen LogP contribution in [0.5, 0.6) is 0 Å². The number of anilines is 3. The lowest BCUT2D eigenvalue weighted by atomic mass is 10.2. The van der Waals surface area contributed by atoms with Crippen LogP contribution in [-0.2, 0) is 6.54 Å². The lowest BCUT2D eigenvalue weighted by Gasteiger charge is -2.17. The van der Waals surface area contributed by atoms with Crippen molar-refractivity contribution in [1.82, 2.24) is 15.3 Å². The average Bonchev–Trinajstić information content (AvgIpc) is 3.41. The number of rotatable bonds is 6. The smallest absolute Gasteiger partial charge is 0.270 e. The number of carbonyl (C=O) groups excluding carboxylic acids is 1. The number of nitrogens with one attached hydrogen (secondary N) is 2. The summed E-state index contributed by atoms with van der Waals surface area (Å²) >= 11 is 0. The summed E-state index contributed by atoms with van der Waals surface area (Å²) in [6.07, 6.45) is 5.64. The first-order chi connectivity index (χ1) is 13.3. The van der Waals surface area contributed by atoms with Gasteiger partial charge >= 0.3 is 0 Å². The molecule has 0 aliphatic carbocycles. The lowest BCUT2D eigenvalue weighted by Crippen LogP contribution is -2.23. The monoisotopic (exact) mass is 363 g/mol. The third kappa shape index (κ3) is 4.25. The number of nitrogens with zero attached hydrogens (tertiary/aromatic N) is 3. The zero-order valence-electron chi connectivity index (χ0n) is 14.9. The molecular weight excluding hydrogens is 342 g/mol. The topological polar surface area (TPSA) is 83.3 Å². The Hall–Kier alpha value is -3.35. The number of benzene rings is 1. The fourth-order valence-electron chi connectivity index (χ4n) is 3.08. The standard InChI is InChI=1S/C20H21N5O2/c26-19(22-14-17-4-3-13-27-17)18-9-10-21-20(24-18)23-15-5-7-16(8-6-15)25-11-1-2-12-25/h3-10,13H,1-2,11-12,14H2,(H,22,26)(H,21,23,24). The molecule has 0 atom stereocenters. The number of amides is 1. The van der Waals surface area contributed by atoms with Crippen molar-refractivity contribution in [3.63, 3.8) is 0 Å². The highest BCUT2D eigenvalue weighted by molar-refractivity contribution is 5.92. The molecule has 1 saturated heterocycles. The van der Waals surface area contributed by atoms with Gasteiger partial charge in [0.25, 0.3) is 5.91 Å². The summed E-state index contributed by atoms with van der Waals surface area (Å²) in [5, 5.41) is 5.92. The predicted octanol–water partition coefficient (Wildman–Crippen LogP) is 3.34. The van der Waals surface area contributed by atoms with Crippen LogP contribution >= 0.6 is 0 Å². The zero-order valence-corrected chi connectivity index (χ0v) is 14.9. The van der Waals surface area contributed by atoms with Crippen LogP contribution in [0.15, 0.2) is 59.3 Å². The van der Waals surface area contributed by atoms with Crippen LogP contribution in [0.25, 0.3) is 0 Å². The Morgan fingerprint density at radius 2 is 1.93 bits per heavy atom. The van der Waals surface area contributed by atoms with Crippen molar-refractivity contribution in [2.24, 2.45) is 0 Å². The van der Waals surface area contributed by atoms with Gasteiger partial charge in [-0.3, -0.25) is 4.79 Å². The van der Waals surface area contributed by atoms with Crippen molar-refractivity contribution < 1.29 is 9.21 Å². The van der Waals surface area contributed by atoms with Crippen molar-refractivity contribution in [1.29, 1.82) is 0 Å². The normalized spacial score (nSPS) is 13.6. The van der Waals surface area contributed by atoms with Crippen LogP contribution in [0.1, 0.15) is 29.1 Å². The Morgan fingerprint density at radius 3 is 2.67 bits per heavy atom. The summed E-state index contributed by atoms with van der Waals surface area (Å²) in [5.74, 6) is 0.796. The first-order valence-corrected chi connectivity index (χ1v) is 9.03. The van der Waals surface area contributed by atoms with Gasteiger partial charge < -0.3 is 20.0 Å². The van der Waals surface area contributed by atoms with E-state index in [1.54, 1.807) is 30.7 Å². The maximum Gasteiger partial charge on any atom is 0.270 e. The van der Waals surface area contributed by atoms with Crippen LogP contribution in [0.4, 0.5) is 17.3 Å². The second kappa shape index (κ2) is 7.90. The first-order valence-electron chi connectivity index (χ1n) is 9.03. The van der Waals surface area contributed by atoms with E-state index in [-0.39, 0.29) is 5.91 Å². The molecule has 138 valence electrons. The fraction of sp³-hybridized carbons (Fsp3) is 0.250. The quantitative estimate of drug-likeness (QED) is 0.699. The summed E-state index contributed by atoms with van der Waals surface area (Å²) in [4.78, 5) is 23.1. The Balaban J connectivity index is 1.39. The van der Waals surface area contributed by atoms with E-state index >= 15 is 0 Å². The van der Waals surface area contributed by atoms with Crippen LogP contribution in [0.2, 0.25) is 0 Å². The van der Waals surface area contributed by atoms with E-state index in [1.807, 2.05) is 12.1 Å². The van der Waals surface area contributed by atoms with Gasteiger partial charge in [0.15, 0.2) is 0 Å². The summed E-state index contributed by atoms with van der Waals surface area (Å²) < 4.78 is 5.21. The number of carbonyl (C=O) groups is 1. The molecule has 7 nitrogen and oxygen atoms in total. The molecule has 0 saturated carbocycles. The summed E-state index contributed by atoms with van der Waals surface area (Å²) in [5.41, 5.74) is 2.41. The molecule has 7 heteroatoms. The molecule has 0 bridgehead atoms. The molecule has 3 aromatic rings. The molecule has 0 unspecified atom stereocenters. The van der Waals surface area contributed by atoms with E-state index < -0.39 is 0 Å². The van der Waals surface area contributed by atoms with Gasteiger partial charge in [0.05, 0.1) is 12.8 Å². The van der Waals surface area contributed by atoms with Gasteiger partial charge in [0, 0.05) is 30.7 Å². The molecule has 1 aliphatic heterocycles. The summed E-state index contributed by atoms with van der Waals surface area (Å²) in [6, 6.07) is 13.4. The molecule has 4 rings (SSSR count). The van der Waals surface area contributed by atoms with Crippen molar-refractivity contribution >= 4 is 23.2 Å². The molecule has 1 aromatic carbocycles. The van der Waals surface area contributed by atoms with E-state index in [9.17, 15) is 4.79 Å². The molecular formula is C20H21N5O2. The van der Waals surface area contributed by atoms with Gasteiger partial charge in [0.1, 0.15) is 11.5 Å². The lowest BCUT2D eigenvalue weighted by molar-refractivity contribution is 0.0943. The van der Waals surface area contributed by atoms with Crippen LogP contribution in [0, 0.1) is 0 Å². The third-order valence-electron chi connectivity index (χ3n) is 4.49. The van der Waals surface area contributed by atoms with Gasteiger partial charge in [-0.2, -0.15) is 0 Å². The number of furan rings is 1. The molecule has 0 spiro atoms. The van der Waals surface area contributed by atoms with E-state index in [0.29, 0.717) is 23.9 Å². The second-order valence-corrected chi connectivity index (χ2v) is 6.39. The molecule has 1 fully saturated rings. The van der Waals surface area contributed by atoms with Crippen molar-refractivity contribution in [3.8, 4) is 0 Å². The van der Waals surface area contributed by atoms with Crippen LogP contribution in [0.3, 0.4) is 0 Å².